The molecule has 0 saturated carbocycles. The van der Waals surface area contributed by atoms with Crippen LogP contribution in [0.25, 0.3) is 6.08 Å². The summed E-state index contributed by atoms with van der Waals surface area (Å²) in [6.07, 6.45) is 5.04. The van der Waals surface area contributed by atoms with Crippen molar-refractivity contribution in [1.29, 1.82) is 0 Å². The molecular weight excluding hydrogens is 412 g/mol. The van der Waals surface area contributed by atoms with Crippen LogP contribution in [0.1, 0.15) is 52.5 Å². The van der Waals surface area contributed by atoms with E-state index in [1.807, 2.05) is 37.3 Å². The monoisotopic (exact) mass is 438 g/mol. The predicted molar refractivity (Wildman–Crippen MR) is 124 cm³/mol. The Morgan fingerprint density at radius 2 is 1.97 bits per heavy atom. The average Bonchev–Trinajstić information content (AvgIpc) is 3.18. The number of hydrogen-bond acceptors (Lipinski definition) is 4. The zero-order chi connectivity index (χ0) is 22.5. The van der Waals surface area contributed by atoms with Crippen LogP contribution < -0.4 is 9.47 Å². The molecule has 3 aromatic rings. The lowest BCUT2D eigenvalue weighted by atomic mass is 10.0. The van der Waals surface area contributed by atoms with E-state index in [0.29, 0.717) is 12.3 Å². The summed E-state index contributed by atoms with van der Waals surface area (Å²) in [5, 5.41) is 4.87. The molecule has 0 bridgehead atoms. The van der Waals surface area contributed by atoms with Crippen LogP contribution >= 0.6 is 11.6 Å². The Balaban J connectivity index is 1.81. The fraction of sp³-hybridized carbons (Fsp3) is 0.280. The summed E-state index contributed by atoms with van der Waals surface area (Å²) >= 11 is 6.30. The number of ketones is 1. The summed E-state index contributed by atoms with van der Waals surface area (Å²) in [5.41, 5.74) is 4.21. The fourth-order valence-electron chi connectivity index (χ4n) is 3.22. The van der Waals surface area contributed by atoms with Crippen molar-refractivity contribution < 1.29 is 14.3 Å². The van der Waals surface area contributed by atoms with Gasteiger partial charge in [0.2, 0.25) is 5.78 Å². The lowest BCUT2D eigenvalue weighted by Crippen LogP contribution is -2.03. The van der Waals surface area contributed by atoms with Gasteiger partial charge in [0.1, 0.15) is 23.8 Å². The average molecular weight is 439 g/mol. The number of carbonyl (C=O) groups excluding carboxylic acids is 1. The van der Waals surface area contributed by atoms with Gasteiger partial charge in [-0.25, -0.2) is 0 Å². The number of benzene rings is 2. The minimum absolute atomic E-state index is 0.146. The van der Waals surface area contributed by atoms with Crippen molar-refractivity contribution >= 4 is 23.5 Å². The molecule has 0 aliphatic heterocycles. The van der Waals surface area contributed by atoms with E-state index >= 15 is 0 Å². The third-order valence-corrected chi connectivity index (χ3v) is 5.40. The number of carbonyl (C=O) groups is 1. The Morgan fingerprint density at radius 3 is 2.61 bits per heavy atom. The number of allylic oxidation sites excluding steroid dienone is 1. The number of ether oxygens (including phenoxy) is 2. The molecule has 1 heterocycles. The first-order valence-electron chi connectivity index (χ1n) is 10.1. The Labute approximate surface area is 188 Å². The molecule has 3 rings (SSSR count). The maximum Gasteiger partial charge on any atom is 0.206 e. The standard InChI is InChI=1S/C25H27ClN2O3/c1-16(2)20-14-21(26)17(3)12-25(20)31-15-19-13-18(7-9-24(19)30-5)6-8-23(29)22-10-11-28(4)27-22/h6-14,16H,15H2,1-5H3/b8-6+. The van der Waals surface area contributed by atoms with E-state index < -0.39 is 0 Å². The Morgan fingerprint density at radius 1 is 1.19 bits per heavy atom. The normalized spacial score (nSPS) is 11.3. The van der Waals surface area contributed by atoms with Gasteiger partial charge in [0.05, 0.1) is 7.11 Å². The van der Waals surface area contributed by atoms with Crippen LogP contribution in [-0.2, 0) is 13.7 Å². The lowest BCUT2D eigenvalue weighted by molar-refractivity contribution is 0.104. The van der Waals surface area contributed by atoms with Crippen LogP contribution in [0.3, 0.4) is 0 Å². The highest BCUT2D eigenvalue weighted by atomic mass is 35.5. The van der Waals surface area contributed by atoms with Crippen LogP contribution in [0.5, 0.6) is 11.5 Å². The second-order valence-electron chi connectivity index (χ2n) is 7.73. The predicted octanol–water partition coefficient (Wildman–Crippen LogP) is 5.99. The molecule has 2 aromatic carbocycles. The Kier molecular flexibility index (Phi) is 7.18. The minimum atomic E-state index is -0.146. The molecule has 0 aliphatic carbocycles. The molecule has 0 aliphatic rings. The van der Waals surface area contributed by atoms with Crippen LogP contribution in [0, 0.1) is 6.92 Å². The van der Waals surface area contributed by atoms with Gasteiger partial charge in [-0.05, 0) is 65.9 Å². The van der Waals surface area contributed by atoms with Gasteiger partial charge in [0.25, 0.3) is 0 Å². The first kappa shape index (κ1) is 22.6. The van der Waals surface area contributed by atoms with Gasteiger partial charge < -0.3 is 9.47 Å². The molecule has 0 unspecified atom stereocenters. The molecule has 0 N–H and O–H groups in total. The third kappa shape index (κ3) is 5.56. The highest BCUT2D eigenvalue weighted by Crippen LogP contribution is 2.33. The molecule has 0 fully saturated rings. The molecule has 162 valence electrons. The van der Waals surface area contributed by atoms with E-state index in [-0.39, 0.29) is 11.7 Å². The zero-order valence-electron chi connectivity index (χ0n) is 18.5. The van der Waals surface area contributed by atoms with Crippen molar-refractivity contribution in [3.05, 3.63) is 81.6 Å². The molecule has 1 aromatic heterocycles. The molecule has 0 saturated heterocycles. The molecule has 5 nitrogen and oxygen atoms in total. The highest BCUT2D eigenvalue weighted by molar-refractivity contribution is 6.31. The van der Waals surface area contributed by atoms with E-state index in [1.54, 1.807) is 37.2 Å². The van der Waals surface area contributed by atoms with Gasteiger partial charge >= 0.3 is 0 Å². The Hall–Kier alpha value is -3.05. The van der Waals surface area contributed by atoms with Gasteiger partial charge in [-0.3, -0.25) is 9.48 Å². The molecule has 0 atom stereocenters. The largest absolute Gasteiger partial charge is 0.496 e. The third-order valence-electron chi connectivity index (χ3n) is 4.99. The molecule has 6 heteroatoms. The highest BCUT2D eigenvalue weighted by Gasteiger charge is 2.13. The summed E-state index contributed by atoms with van der Waals surface area (Å²) in [5.74, 6) is 1.67. The lowest BCUT2D eigenvalue weighted by Gasteiger charge is -2.17. The van der Waals surface area contributed by atoms with Crippen molar-refractivity contribution in [3.8, 4) is 11.5 Å². The molecule has 0 radical (unpaired) electrons. The van der Waals surface area contributed by atoms with Gasteiger partial charge in [-0.15, -0.1) is 0 Å². The van der Waals surface area contributed by atoms with E-state index in [2.05, 4.69) is 18.9 Å². The number of rotatable bonds is 8. The smallest absolute Gasteiger partial charge is 0.206 e. The fourth-order valence-corrected chi connectivity index (χ4v) is 3.39. The maximum absolute atomic E-state index is 12.3. The number of hydrogen-bond donors (Lipinski definition) is 0. The van der Waals surface area contributed by atoms with Crippen molar-refractivity contribution in [1.82, 2.24) is 9.78 Å². The van der Waals surface area contributed by atoms with Crippen molar-refractivity contribution in [3.63, 3.8) is 0 Å². The van der Waals surface area contributed by atoms with Crippen molar-refractivity contribution in [2.75, 3.05) is 7.11 Å². The molecule has 0 spiro atoms. The maximum atomic E-state index is 12.3. The molecule has 31 heavy (non-hydrogen) atoms. The summed E-state index contributed by atoms with van der Waals surface area (Å²) in [6.45, 7) is 6.51. The van der Waals surface area contributed by atoms with E-state index in [9.17, 15) is 4.79 Å². The number of nitrogens with zero attached hydrogens (tertiary/aromatic N) is 2. The molecular formula is C25H27ClN2O3. The van der Waals surface area contributed by atoms with E-state index in [0.717, 1.165) is 38.8 Å². The summed E-state index contributed by atoms with van der Waals surface area (Å²) in [4.78, 5) is 12.3. The van der Waals surface area contributed by atoms with Crippen LogP contribution in [-0.4, -0.2) is 22.7 Å². The topological polar surface area (TPSA) is 53.4 Å². The Bertz CT molecular complexity index is 1120. The first-order chi connectivity index (χ1) is 14.8. The van der Waals surface area contributed by atoms with Gasteiger partial charge in [-0.2, -0.15) is 5.10 Å². The number of aromatic nitrogens is 2. The summed E-state index contributed by atoms with van der Waals surface area (Å²) < 4.78 is 13.3. The van der Waals surface area contributed by atoms with Crippen molar-refractivity contribution in [2.45, 2.75) is 33.3 Å². The minimum Gasteiger partial charge on any atom is -0.496 e. The summed E-state index contributed by atoms with van der Waals surface area (Å²) in [6, 6.07) is 11.4. The van der Waals surface area contributed by atoms with Gasteiger partial charge in [0, 0.05) is 23.8 Å². The SMILES string of the molecule is COc1ccc(/C=C/C(=O)c2ccn(C)n2)cc1COc1cc(C)c(Cl)cc1C(C)C. The quantitative estimate of drug-likeness (QED) is 0.320. The first-order valence-corrected chi connectivity index (χ1v) is 10.5. The van der Waals surface area contributed by atoms with Crippen LogP contribution in [0.15, 0.2) is 48.7 Å². The number of methoxy groups -OCH3 is 1. The molecule has 0 amide bonds. The second-order valence-corrected chi connectivity index (χ2v) is 8.13. The van der Waals surface area contributed by atoms with E-state index in [1.165, 1.54) is 6.08 Å². The number of aryl methyl sites for hydroxylation is 2. The summed E-state index contributed by atoms with van der Waals surface area (Å²) in [7, 11) is 3.41. The van der Waals surface area contributed by atoms with Crippen molar-refractivity contribution in [2.24, 2.45) is 7.05 Å². The van der Waals surface area contributed by atoms with Gasteiger partial charge in [0.15, 0.2) is 0 Å². The number of halogens is 1. The second kappa shape index (κ2) is 9.84. The van der Waals surface area contributed by atoms with Gasteiger partial charge in [-0.1, -0.05) is 37.6 Å². The van der Waals surface area contributed by atoms with Crippen LogP contribution in [0.4, 0.5) is 0 Å². The zero-order valence-corrected chi connectivity index (χ0v) is 19.2. The van der Waals surface area contributed by atoms with E-state index in [4.69, 9.17) is 21.1 Å². The van der Waals surface area contributed by atoms with Crippen LogP contribution in [0.2, 0.25) is 5.02 Å².